The summed E-state index contributed by atoms with van der Waals surface area (Å²) < 4.78 is 38.3. The molecule has 2 heterocycles. The molecule has 0 bridgehead atoms. The molecule has 0 radical (unpaired) electrons. The third-order valence-corrected chi connectivity index (χ3v) is 8.36. The van der Waals surface area contributed by atoms with Crippen molar-refractivity contribution < 1.29 is 22.5 Å². The van der Waals surface area contributed by atoms with Gasteiger partial charge in [-0.3, -0.25) is 9.10 Å². The van der Waals surface area contributed by atoms with Gasteiger partial charge in [-0.15, -0.1) is 0 Å². The van der Waals surface area contributed by atoms with Crippen molar-refractivity contribution in [3.8, 4) is 0 Å². The molecule has 0 unspecified atom stereocenters. The average molecular weight is 437 g/mol. The molecule has 0 saturated carbocycles. The van der Waals surface area contributed by atoms with Crippen LogP contribution >= 0.6 is 11.8 Å². The van der Waals surface area contributed by atoms with E-state index in [9.17, 15) is 13.2 Å². The number of sulfonamides is 1. The molecule has 2 fully saturated rings. The first kappa shape index (κ1) is 22.4. The molecule has 1 aromatic rings. The number of benzene rings is 1. The maximum absolute atomic E-state index is 12.3. The van der Waals surface area contributed by atoms with Crippen molar-refractivity contribution in [3.05, 3.63) is 35.3 Å². The molecular formula is C20H28BNO5S2. The molecule has 6 nitrogen and oxygen atoms in total. The van der Waals surface area contributed by atoms with Gasteiger partial charge in [-0.25, -0.2) is 8.42 Å². The van der Waals surface area contributed by atoms with E-state index in [1.54, 1.807) is 6.07 Å². The van der Waals surface area contributed by atoms with Gasteiger partial charge < -0.3 is 9.31 Å². The van der Waals surface area contributed by atoms with Crippen LogP contribution in [-0.2, 0) is 24.1 Å². The molecule has 0 aliphatic carbocycles. The van der Waals surface area contributed by atoms with E-state index in [-0.39, 0.29) is 10.9 Å². The third-order valence-electron chi connectivity index (χ3n) is 5.61. The zero-order chi connectivity index (χ0) is 21.4. The normalized spacial score (nSPS) is 22.9. The smallest absolute Gasteiger partial charge is 0.400 e. The summed E-state index contributed by atoms with van der Waals surface area (Å²) in [6.07, 6.45) is 2.57. The number of thioether (sulfide) groups is 1. The van der Waals surface area contributed by atoms with E-state index in [1.807, 2.05) is 52.0 Å². The number of hydrogen-bond acceptors (Lipinski definition) is 6. The van der Waals surface area contributed by atoms with Gasteiger partial charge in [-0.1, -0.05) is 30.0 Å². The summed E-state index contributed by atoms with van der Waals surface area (Å²) >= 11 is 1.20. The van der Waals surface area contributed by atoms with E-state index < -0.39 is 28.3 Å². The summed E-state index contributed by atoms with van der Waals surface area (Å²) in [5, 5.41) is 0.0179. The zero-order valence-electron chi connectivity index (χ0n) is 17.6. The van der Waals surface area contributed by atoms with Gasteiger partial charge in [0.1, 0.15) is 0 Å². The SMILES string of the molecule is CC(=O)SCC(=Cc1cccc(N2CCCS2(=O)=O)c1)B1OC(C)(C)C(C)(C)O1. The summed E-state index contributed by atoms with van der Waals surface area (Å²) in [5.41, 5.74) is 1.37. The van der Waals surface area contributed by atoms with E-state index in [2.05, 4.69) is 0 Å². The standard InChI is InChI=1S/C20H28BNO5S2/c1-15(23)28-14-17(21-26-19(2,3)20(4,5)27-21)12-16-8-6-9-18(13-16)22-10-7-11-29(22,24)25/h6,8-9,12-13H,7,10-11,14H2,1-5H3. The van der Waals surface area contributed by atoms with Crippen LogP contribution in [0.5, 0.6) is 0 Å². The lowest BCUT2D eigenvalue weighted by atomic mass is 9.78. The largest absolute Gasteiger partial charge is 0.491 e. The maximum Gasteiger partial charge on any atom is 0.491 e. The quantitative estimate of drug-likeness (QED) is 0.657. The Hall–Kier alpha value is -1.29. The Bertz CT molecular complexity index is 911. The number of carbonyl (C=O) groups excluding carboxylic acids is 1. The number of carbonyl (C=O) groups is 1. The van der Waals surface area contributed by atoms with Crippen LogP contribution in [0.2, 0.25) is 0 Å². The highest BCUT2D eigenvalue weighted by Gasteiger charge is 2.52. The molecule has 9 heteroatoms. The van der Waals surface area contributed by atoms with Crippen molar-refractivity contribution in [2.75, 3.05) is 22.4 Å². The van der Waals surface area contributed by atoms with Crippen molar-refractivity contribution >= 4 is 45.8 Å². The van der Waals surface area contributed by atoms with Gasteiger partial charge in [-0.05, 0) is 57.3 Å². The predicted octanol–water partition coefficient (Wildman–Crippen LogP) is 3.52. The van der Waals surface area contributed by atoms with Crippen LogP contribution in [0.15, 0.2) is 29.7 Å². The van der Waals surface area contributed by atoms with Crippen LogP contribution in [0.25, 0.3) is 6.08 Å². The highest BCUT2D eigenvalue weighted by Crippen LogP contribution is 2.39. The molecule has 158 valence electrons. The predicted molar refractivity (Wildman–Crippen MR) is 119 cm³/mol. The monoisotopic (exact) mass is 437 g/mol. The average Bonchev–Trinajstić information content (AvgIpc) is 3.06. The van der Waals surface area contributed by atoms with Gasteiger partial charge in [0.2, 0.25) is 10.0 Å². The first-order valence-electron chi connectivity index (χ1n) is 9.71. The van der Waals surface area contributed by atoms with Crippen molar-refractivity contribution in [3.63, 3.8) is 0 Å². The van der Waals surface area contributed by atoms with Crippen molar-refractivity contribution in [2.24, 2.45) is 0 Å². The first-order chi connectivity index (χ1) is 13.4. The molecule has 2 aliphatic heterocycles. The Morgan fingerprint density at radius 3 is 2.45 bits per heavy atom. The van der Waals surface area contributed by atoms with E-state index in [0.717, 1.165) is 11.0 Å². The lowest BCUT2D eigenvalue weighted by Gasteiger charge is -2.32. The molecule has 2 aliphatic rings. The second kappa shape index (κ2) is 8.09. The molecule has 1 aromatic carbocycles. The zero-order valence-corrected chi connectivity index (χ0v) is 19.2. The van der Waals surface area contributed by atoms with Crippen LogP contribution in [0.4, 0.5) is 5.69 Å². The second-order valence-electron chi connectivity index (χ2n) is 8.42. The Balaban J connectivity index is 1.92. The van der Waals surface area contributed by atoms with Crippen molar-refractivity contribution in [1.29, 1.82) is 0 Å². The molecule has 2 saturated heterocycles. The van der Waals surface area contributed by atoms with E-state index in [4.69, 9.17) is 9.31 Å². The highest BCUT2D eigenvalue weighted by molar-refractivity contribution is 8.13. The molecule has 0 N–H and O–H groups in total. The van der Waals surface area contributed by atoms with E-state index in [1.165, 1.54) is 23.0 Å². The fourth-order valence-corrected chi connectivity index (χ4v) is 5.42. The molecule has 29 heavy (non-hydrogen) atoms. The number of nitrogens with zero attached hydrogens (tertiary/aromatic N) is 1. The third kappa shape index (κ3) is 4.90. The number of anilines is 1. The van der Waals surface area contributed by atoms with Crippen LogP contribution in [0, 0.1) is 0 Å². The molecule has 0 aromatic heterocycles. The summed E-state index contributed by atoms with van der Waals surface area (Å²) in [6.45, 7) is 9.98. The Morgan fingerprint density at radius 1 is 1.24 bits per heavy atom. The van der Waals surface area contributed by atoms with Gasteiger partial charge in [0.05, 0.1) is 22.6 Å². The van der Waals surface area contributed by atoms with E-state index >= 15 is 0 Å². The minimum atomic E-state index is -3.24. The van der Waals surface area contributed by atoms with E-state index in [0.29, 0.717) is 24.4 Å². The van der Waals surface area contributed by atoms with Crippen LogP contribution in [0.3, 0.4) is 0 Å². The van der Waals surface area contributed by atoms with Crippen LogP contribution in [0.1, 0.15) is 46.6 Å². The fourth-order valence-electron chi connectivity index (χ4n) is 3.27. The van der Waals surface area contributed by atoms with Gasteiger partial charge in [0.25, 0.3) is 0 Å². The second-order valence-corrected chi connectivity index (χ2v) is 11.6. The Labute approximate surface area is 178 Å². The minimum Gasteiger partial charge on any atom is -0.400 e. The summed E-state index contributed by atoms with van der Waals surface area (Å²) in [5.74, 6) is 0.625. The van der Waals surface area contributed by atoms with Crippen LogP contribution < -0.4 is 4.31 Å². The molecule has 0 spiro atoms. The Kier molecular flexibility index (Phi) is 6.25. The van der Waals surface area contributed by atoms with Crippen molar-refractivity contribution in [1.82, 2.24) is 0 Å². The minimum absolute atomic E-state index is 0.0179. The highest BCUT2D eigenvalue weighted by atomic mass is 32.2. The first-order valence-corrected chi connectivity index (χ1v) is 12.3. The van der Waals surface area contributed by atoms with Crippen molar-refractivity contribution in [2.45, 2.75) is 52.2 Å². The topological polar surface area (TPSA) is 72.9 Å². The molecule has 0 atom stereocenters. The lowest BCUT2D eigenvalue weighted by molar-refractivity contribution is -0.109. The molecule has 3 rings (SSSR count). The van der Waals surface area contributed by atoms with Crippen LogP contribution in [-0.4, -0.2) is 49.9 Å². The molecular weight excluding hydrogens is 409 g/mol. The molecule has 0 amide bonds. The van der Waals surface area contributed by atoms with Gasteiger partial charge in [-0.2, -0.15) is 0 Å². The summed E-state index contributed by atoms with van der Waals surface area (Å²) in [7, 11) is -3.80. The maximum atomic E-state index is 12.3. The van der Waals surface area contributed by atoms with Gasteiger partial charge >= 0.3 is 7.12 Å². The number of rotatable bonds is 5. The van der Waals surface area contributed by atoms with Gasteiger partial charge in [0, 0.05) is 19.2 Å². The Morgan fingerprint density at radius 2 is 1.90 bits per heavy atom. The summed E-state index contributed by atoms with van der Waals surface area (Å²) in [4.78, 5) is 11.6. The number of hydrogen-bond donors (Lipinski definition) is 0. The fraction of sp³-hybridized carbons (Fsp3) is 0.550. The van der Waals surface area contributed by atoms with Gasteiger partial charge in [0.15, 0.2) is 5.12 Å². The summed E-state index contributed by atoms with van der Waals surface area (Å²) in [6, 6.07) is 7.41. The lowest BCUT2D eigenvalue weighted by Crippen LogP contribution is -2.41.